The molecule has 2 N–H and O–H groups in total. The van der Waals surface area contributed by atoms with E-state index in [9.17, 15) is 0 Å². The summed E-state index contributed by atoms with van der Waals surface area (Å²) in [5.41, 5.74) is -2.39. The fraction of sp³-hybridized carbons (Fsp3) is 0.333. The van der Waals surface area contributed by atoms with Crippen molar-refractivity contribution >= 4 is 43.5 Å². The molecule has 0 aromatic heterocycles. The largest absolute Gasteiger partial charge is 0.316 e. The lowest BCUT2D eigenvalue weighted by Crippen LogP contribution is -2.25. The summed E-state index contributed by atoms with van der Waals surface area (Å²) in [4.78, 5) is 2.29. The third kappa shape index (κ3) is 4.85. The fourth-order valence-corrected chi connectivity index (χ4v) is 23.0. The van der Waals surface area contributed by atoms with Crippen LogP contribution in [0.15, 0.2) is 84.0 Å². The van der Waals surface area contributed by atoms with Crippen molar-refractivity contribution in [2.24, 2.45) is 13.5 Å². The van der Waals surface area contributed by atoms with Crippen molar-refractivity contribution in [3.05, 3.63) is 60.7 Å². The van der Waals surface area contributed by atoms with Crippen molar-refractivity contribution in [1.82, 2.24) is 10.2 Å². The lowest BCUT2D eigenvalue weighted by Gasteiger charge is -2.37. The monoisotopic (exact) mass is 499 g/mol. The zero-order chi connectivity index (χ0) is 20.3. The third-order valence-corrected chi connectivity index (χ3v) is 20.6. The van der Waals surface area contributed by atoms with Crippen LogP contribution in [0.1, 0.15) is 12.8 Å². The highest BCUT2D eigenvalue weighted by atomic mass is 33.1. The van der Waals surface area contributed by atoms with Crippen molar-refractivity contribution in [3.63, 3.8) is 0 Å². The Labute approximate surface area is 185 Å². The molecule has 5 rings (SSSR count). The van der Waals surface area contributed by atoms with Gasteiger partial charge in [0.1, 0.15) is 0 Å². The van der Waals surface area contributed by atoms with Crippen LogP contribution >= 0.6 is 43.5 Å². The quantitative estimate of drug-likeness (QED) is 0.426. The molecular formula is C18H24N5O2P3S2. The molecule has 0 aliphatic carbocycles. The molecule has 2 aromatic carbocycles. The SMILES string of the molecule is c1ccc(SP2(Sc3ccccc3)=N[P@@]3(=N[P@]4(=N2)NCCCO4)NCCCO3)cc1. The van der Waals surface area contributed by atoms with Gasteiger partial charge in [-0.3, -0.25) is 0 Å². The van der Waals surface area contributed by atoms with Gasteiger partial charge in [0, 0.05) is 22.9 Å². The molecule has 3 aliphatic heterocycles. The predicted octanol–water partition coefficient (Wildman–Crippen LogP) is 7.44. The Morgan fingerprint density at radius 3 is 1.63 bits per heavy atom. The van der Waals surface area contributed by atoms with Crippen LogP contribution in [0.3, 0.4) is 0 Å². The summed E-state index contributed by atoms with van der Waals surface area (Å²) in [6, 6.07) is 20.8. The van der Waals surface area contributed by atoms with Crippen LogP contribution in [0.25, 0.3) is 0 Å². The minimum atomic E-state index is -2.54. The van der Waals surface area contributed by atoms with Gasteiger partial charge < -0.3 is 9.05 Å². The number of rotatable bonds is 4. The first-order chi connectivity index (χ1) is 14.7. The molecule has 3 heterocycles. The van der Waals surface area contributed by atoms with Crippen LogP contribution in [0.2, 0.25) is 0 Å². The summed E-state index contributed by atoms with van der Waals surface area (Å²) < 4.78 is 28.3. The fourth-order valence-electron chi connectivity index (χ4n) is 3.15. The van der Waals surface area contributed by atoms with E-state index < -0.39 is 20.8 Å². The summed E-state index contributed by atoms with van der Waals surface area (Å²) in [6.45, 7) is 3.04. The van der Waals surface area contributed by atoms with E-state index in [1.54, 1.807) is 22.8 Å². The van der Waals surface area contributed by atoms with Crippen LogP contribution in [0.5, 0.6) is 0 Å². The van der Waals surface area contributed by atoms with Crippen molar-refractivity contribution in [3.8, 4) is 0 Å². The van der Waals surface area contributed by atoms with Gasteiger partial charge in [0.05, 0.1) is 13.2 Å². The lowest BCUT2D eigenvalue weighted by atomic mass is 10.4. The molecule has 3 aliphatic rings. The van der Waals surface area contributed by atoms with E-state index in [-0.39, 0.29) is 0 Å². The minimum absolute atomic E-state index is 0.666. The Hall–Kier alpha value is -0.330. The molecule has 0 saturated carbocycles. The van der Waals surface area contributed by atoms with Gasteiger partial charge >= 0.3 is 0 Å². The van der Waals surface area contributed by atoms with Gasteiger partial charge in [0.15, 0.2) is 0 Å². The highest BCUT2D eigenvalue weighted by Gasteiger charge is 2.41. The highest BCUT2D eigenvalue weighted by molar-refractivity contribution is 8.91. The Kier molecular flexibility index (Phi) is 6.64. The Bertz CT molecular complexity index is 985. The lowest BCUT2D eigenvalue weighted by molar-refractivity contribution is 0.301. The van der Waals surface area contributed by atoms with Crippen LogP contribution in [-0.2, 0) is 9.05 Å². The molecule has 0 radical (unpaired) electrons. The maximum absolute atomic E-state index is 6.28. The molecule has 160 valence electrons. The standard InChI is InChI=1S/C18H24N5O2P3S2/c1-3-9-17(10-4-1)29-28(30-18-11-5-2-6-12-18)22-26(19-13-7-15-24-26)21-27(23-28)20-14-8-16-25-27/h1-6,9-12,19-20H,7-8,13-16H2/t26-,27-/m0/s1. The number of hydrogen-bond donors (Lipinski definition) is 2. The van der Waals surface area contributed by atoms with Gasteiger partial charge in [-0.15, -0.1) is 0 Å². The van der Waals surface area contributed by atoms with Gasteiger partial charge in [0.25, 0.3) is 15.2 Å². The Morgan fingerprint density at radius 2 is 1.17 bits per heavy atom. The molecule has 7 nitrogen and oxygen atoms in total. The van der Waals surface area contributed by atoms with Crippen molar-refractivity contribution in [2.45, 2.75) is 22.6 Å². The van der Waals surface area contributed by atoms with E-state index in [4.69, 9.17) is 22.6 Å². The topological polar surface area (TPSA) is 79.6 Å². The molecule has 2 atom stereocenters. The van der Waals surface area contributed by atoms with E-state index in [0.29, 0.717) is 13.2 Å². The van der Waals surface area contributed by atoms with E-state index in [1.807, 2.05) is 12.1 Å². The van der Waals surface area contributed by atoms with Gasteiger partial charge in [0.2, 0.25) is 5.61 Å². The summed E-state index contributed by atoms with van der Waals surface area (Å²) in [5, 5.41) is 7.07. The molecule has 12 heteroatoms. The molecule has 2 fully saturated rings. The Morgan fingerprint density at radius 1 is 0.667 bits per heavy atom. The highest BCUT2D eigenvalue weighted by Crippen LogP contribution is 2.88. The number of nitrogens with zero attached hydrogens (tertiary/aromatic N) is 3. The summed E-state index contributed by atoms with van der Waals surface area (Å²) in [7, 11) is -5.08. The molecule has 2 spiro atoms. The molecule has 0 unspecified atom stereocenters. The average molecular weight is 499 g/mol. The summed E-state index contributed by atoms with van der Waals surface area (Å²) in [5.74, 6) is 0. The number of nitrogens with one attached hydrogen (secondary N) is 2. The minimum Gasteiger partial charge on any atom is -0.316 e. The second kappa shape index (κ2) is 9.27. The molecule has 2 aromatic rings. The maximum Gasteiger partial charge on any atom is 0.279 e. The van der Waals surface area contributed by atoms with E-state index >= 15 is 0 Å². The molecule has 2 saturated heterocycles. The molecule has 0 bridgehead atoms. The van der Waals surface area contributed by atoms with E-state index in [2.05, 4.69) is 58.7 Å². The molecular weight excluding hydrogens is 475 g/mol. The first kappa shape index (κ1) is 21.5. The first-order valence-electron chi connectivity index (χ1n) is 9.89. The van der Waals surface area contributed by atoms with Gasteiger partial charge in [-0.05, 0) is 59.9 Å². The van der Waals surface area contributed by atoms with Gasteiger partial charge in [-0.1, -0.05) is 36.4 Å². The van der Waals surface area contributed by atoms with Crippen molar-refractivity contribution in [2.75, 3.05) is 26.3 Å². The molecule has 30 heavy (non-hydrogen) atoms. The van der Waals surface area contributed by atoms with E-state index in [0.717, 1.165) is 35.7 Å². The zero-order valence-electron chi connectivity index (χ0n) is 16.3. The first-order valence-corrected chi connectivity index (χ1v) is 17.7. The van der Waals surface area contributed by atoms with Crippen LogP contribution < -0.4 is 10.2 Å². The second-order valence-electron chi connectivity index (χ2n) is 6.85. The van der Waals surface area contributed by atoms with Crippen LogP contribution in [0, 0.1) is 0 Å². The number of benzene rings is 2. The molecule has 0 amide bonds. The van der Waals surface area contributed by atoms with Gasteiger partial charge in [-0.2, -0.15) is 13.5 Å². The van der Waals surface area contributed by atoms with Crippen LogP contribution in [0.4, 0.5) is 0 Å². The predicted molar refractivity (Wildman–Crippen MR) is 130 cm³/mol. The smallest absolute Gasteiger partial charge is 0.279 e. The van der Waals surface area contributed by atoms with Crippen LogP contribution in [-0.4, -0.2) is 26.3 Å². The normalized spacial score (nSPS) is 30.3. The maximum atomic E-state index is 6.28. The second-order valence-corrected chi connectivity index (χ2v) is 19.5. The summed E-state index contributed by atoms with van der Waals surface area (Å²) in [6.07, 6.45) is 1.93. The van der Waals surface area contributed by atoms with E-state index in [1.165, 1.54) is 0 Å². The average Bonchev–Trinajstić information content (AvgIpc) is 2.75. The van der Waals surface area contributed by atoms with Crippen molar-refractivity contribution in [1.29, 1.82) is 0 Å². The summed E-state index contributed by atoms with van der Waals surface area (Å²) >= 11 is 3.48. The number of hydrogen-bond acceptors (Lipinski definition) is 9. The Balaban J connectivity index is 1.69. The zero-order valence-corrected chi connectivity index (χ0v) is 20.6. The van der Waals surface area contributed by atoms with Crippen molar-refractivity contribution < 1.29 is 9.05 Å². The third-order valence-electron chi connectivity index (χ3n) is 4.47. The van der Waals surface area contributed by atoms with Gasteiger partial charge in [-0.25, -0.2) is 10.2 Å².